The van der Waals surface area contributed by atoms with Crippen molar-refractivity contribution in [1.29, 1.82) is 0 Å². The second-order valence-electron chi connectivity index (χ2n) is 20.5. The highest BCUT2D eigenvalue weighted by Gasteiger charge is 2.20. The zero-order valence-corrected chi connectivity index (χ0v) is 46.2. The standard InChI is InChI=1S/C70H59N7O7/c1-2-9-52(10-3-1)76-62-13-6-4-11-56(62)58-46-59-57-12-5-7-14-63(57)77(65(59)47-64(58)76)66-15-8-16-67(74-66)84-68-45-53(31-32-71-68)75-33-35-78-37-39-80-41-43-82-54-25-19-48(20-26-54)60-29-23-50-17-18-51-24-30-61(73-70(51)69(50)72-60)49-21-27-55(28-22-49)83-44-42-81-40-38-79-36-34-75/h1-32,45-47H,33-44H2. The summed E-state index contributed by atoms with van der Waals surface area (Å²) in [6.45, 7) is 5.44. The van der Waals surface area contributed by atoms with Gasteiger partial charge in [0.2, 0.25) is 11.8 Å². The second-order valence-corrected chi connectivity index (χ2v) is 20.5. The second kappa shape index (κ2) is 24.0. The summed E-state index contributed by atoms with van der Waals surface area (Å²) >= 11 is 0. The molecule has 14 heteroatoms. The van der Waals surface area contributed by atoms with Gasteiger partial charge in [-0.3, -0.25) is 4.57 Å². The van der Waals surface area contributed by atoms with Crippen LogP contribution in [0.5, 0.6) is 23.3 Å². The Bertz CT molecular complexity index is 4330. The third-order valence-corrected chi connectivity index (χ3v) is 15.3. The molecule has 0 fully saturated rings. The Kier molecular flexibility index (Phi) is 15.0. The van der Waals surface area contributed by atoms with E-state index < -0.39 is 0 Å². The van der Waals surface area contributed by atoms with E-state index in [9.17, 15) is 0 Å². The van der Waals surface area contributed by atoms with Gasteiger partial charge in [-0.2, -0.15) is 4.98 Å². The molecule has 0 amide bonds. The summed E-state index contributed by atoms with van der Waals surface area (Å²) in [6.07, 6.45) is 1.76. The molecule has 14 nitrogen and oxygen atoms in total. The van der Waals surface area contributed by atoms with Crippen LogP contribution in [0.4, 0.5) is 5.69 Å². The normalized spacial score (nSPS) is 14.5. The highest BCUT2D eigenvalue weighted by Crippen LogP contribution is 2.40. The molecular formula is C70H59N7O7. The molecule has 416 valence electrons. The summed E-state index contributed by atoms with van der Waals surface area (Å²) in [7, 11) is 0. The molecule has 0 atom stereocenters. The molecule has 0 saturated heterocycles. The highest BCUT2D eigenvalue weighted by molar-refractivity contribution is 6.19. The number of pyridine rings is 4. The van der Waals surface area contributed by atoms with Gasteiger partial charge in [-0.05, 0) is 109 Å². The van der Waals surface area contributed by atoms with Crippen LogP contribution in [0.3, 0.4) is 0 Å². The van der Waals surface area contributed by atoms with Crippen molar-refractivity contribution < 1.29 is 33.2 Å². The summed E-state index contributed by atoms with van der Waals surface area (Å²) in [4.78, 5) is 22.3. The first-order valence-corrected chi connectivity index (χ1v) is 28.5. The number of rotatable bonds is 5. The van der Waals surface area contributed by atoms with Gasteiger partial charge in [0, 0.05) is 86.2 Å². The van der Waals surface area contributed by atoms with E-state index in [1.165, 1.54) is 10.8 Å². The number of nitrogens with zero attached hydrogens (tertiary/aromatic N) is 7. The maximum atomic E-state index is 6.52. The number of hydrogen-bond acceptors (Lipinski definition) is 12. The predicted octanol–water partition coefficient (Wildman–Crippen LogP) is 14.2. The number of hydrogen-bond donors (Lipinski definition) is 0. The van der Waals surface area contributed by atoms with Crippen LogP contribution in [0, 0.1) is 0 Å². The highest BCUT2D eigenvalue weighted by atomic mass is 16.6. The molecule has 6 aromatic heterocycles. The molecule has 0 N–H and O–H groups in total. The quantitative estimate of drug-likeness (QED) is 0.152. The molecular weight excluding hydrogens is 1050 g/mol. The Balaban J connectivity index is 0.667. The fourth-order valence-electron chi connectivity index (χ4n) is 11.2. The summed E-state index contributed by atoms with van der Waals surface area (Å²) in [6, 6.07) is 70.5. The van der Waals surface area contributed by atoms with Gasteiger partial charge in [0.1, 0.15) is 30.5 Å². The number of anilines is 1. The number of aromatic nitrogens is 6. The van der Waals surface area contributed by atoms with Crippen LogP contribution < -0.4 is 19.1 Å². The molecule has 16 rings (SSSR count). The summed E-state index contributed by atoms with van der Waals surface area (Å²) in [5, 5.41) is 6.73. The van der Waals surface area contributed by atoms with Crippen molar-refractivity contribution >= 4 is 71.1 Å². The van der Waals surface area contributed by atoms with Gasteiger partial charge in [-0.1, -0.05) is 84.9 Å². The lowest BCUT2D eigenvalue weighted by atomic mass is 10.1. The van der Waals surface area contributed by atoms with Crippen LogP contribution in [0.25, 0.3) is 99.4 Å². The largest absolute Gasteiger partial charge is 0.491 e. The zero-order valence-electron chi connectivity index (χ0n) is 46.2. The third kappa shape index (κ3) is 10.9. The zero-order chi connectivity index (χ0) is 56.0. The SMILES string of the molecule is c1ccc(-n2c3ccccc3c3cc4c5ccccc5n(-c5cccc(Oc6cc(N7CCOCCOCCOc8ccc(cc8)-c8ccc9ccc%10ccc(nc%10c9n8)-c8ccc(cc8)OCCOCCOCC7)ccn6)n5)c4cc32)cc1. The van der Waals surface area contributed by atoms with Crippen LogP contribution in [-0.2, 0) is 18.9 Å². The lowest BCUT2D eigenvalue weighted by molar-refractivity contribution is 0.0347. The molecule has 9 heterocycles. The first-order valence-electron chi connectivity index (χ1n) is 28.5. The van der Waals surface area contributed by atoms with Crippen LogP contribution in [0.1, 0.15) is 0 Å². The van der Waals surface area contributed by atoms with E-state index in [0.29, 0.717) is 90.9 Å². The Hall–Kier alpha value is -9.70. The number of fused-ring (bicyclic) bond motifs is 8. The van der Waals surface area contributed by atoms with Crippen LogP contribution in [-0.4, -0.2) is 108 Å². The van der Waals surface area contributed by atoms with Crippen LogP contribution in [0.2, 0.25) is 0 Å². The minimum absolute atomic E-state index is 0.403. The van der Waals surface area contributed by atoms with Crippen LogP contribution in [0.15, 0.2) is 212 Å². The molecule has 0 saturated carbocycles. The smallest absolute Gasteiger partial charge is 0.223 e. The molecule has 0 spiro atoms. The van der Waals surface area contributed by atoms with E-state index in [2.05, 4.69) is 134 Å². The van der Waals surface area contributed by atoms with Gasteiger partial charge >= 0.3 is 0 Å². The first-order chi connectivity index (χ1) is 41.6. The lowest BCUT2D eigenvalue weighted by Gasteiger charge is -2.25. The van der Waals surface area contributed by atoms with Crippen molar-refractivity contribution in [2.75, 3.05) is 84.1 Å². The summed E-state index contributed by atoms with van der Waals surface area (Å²) in [5.74, 6) is 3.06. The minimum atomic E-state index is 0.403. The van der Waals surface area contributed by atoms with Gasteiger partial charge in [0.15, 0.2) is 0 Å². The van der Waals surface area contributed by atoms with E-state index >= 15 is 0 Å². The van der Waals surface area contributed by atoms with Crippen molar-refractivity contribution in [2.24, 2.45) is 0 Å². The molecule has 0 radical (unpaired) electrons. The van der Waals surface area contributed by atoms with Gasteiger partial charge in [0.05, 0.1) is 97.3 Å². The molecule has 3 aliphatic rings. The number of ether oxygens (including phenoxy) is 7. The molecule has 13 aromatic rings. The summed E-state index contributed by atoms with van der Waals surface area (Å²) < 4.78 is 47.3. The van der Waals surface area contributed by atoms with Crippen LogP contribution >= 0.6 is 0 Å². The summed E-state index contributed by atoms with van der Waals surface area (Å²) in [5.41, 5.74) is 11.8. The van der Waals surface area contributed by atoms with Crippen molar-refractivity contribution in [1.82, 2.24) is 29.1 Å². The monoisotopic (exact) mass is 1110 g/mol. The predicted molar refractivity (Wildman–Crippen MR) is 332 cm³/mol. The lowest BCUT2D eigenvalue weighted by Crippen LogP contribution is -2.31. The molecule has 84 heavy (non-hydrogen) atoms. The fraction of sp³-hybridized carbons (Fsp3) is 0.171. The molecule has 0 unspecified atom stereocenters. The average molecular weight is 1110 g/mol. The Morgan fingerprint density at radius 1 is 0.357 bits per heavy atom. The molecule has 7 aromatic carbocycles. The maximum Gasteiger partial charge on any atom is 0.223 e. The van der Waals surface area contributed by atoms with Gasteiger partial charge in [-0.25, -0.2) is 15.0 Å². The third-order valence-electron chi connectivity index (χ3n) is 15.3. The van der Waals surface area contributed by atoms with E-state index in [1.807, 2.05) is 91.0 Å². The van der Waals surface area contributed by atoms with E-state index in [-0.39, 0.29) is 0 Å². The number of para-hydroxylation sites is 3. The van der Waals surface area contributed by atoms with Gasteiger partial charge in [0.25, 0.3) is 0 Å². The molecule has 0 aliphatic carbocycles. The van der Waals surface area contributed by atoms with Crippen molar-refractivity contribution in [2.45, 2.75) is 0 Å². The van der Waals surface area contributed by atoms with Gasteiger partial charge in [-0.15, -0.1) is 0 Å². The Morgan fingerprint density at radius 2 is 0.881 bits per heavy atom. The van der Waals surface area contributed by atoms with Crippen molar-refractivity contribution in [3.05, 3.63) is 212 Å². The Labute approximate surface area is 485 Å². The average Bonchev–Trinajstić information content (AvgIpc) is 1.93. The Morgan fingerprint density at radius 3 is 1.49 bits per heavy atom. The van der Waals surface area contributed by atoms with Crippen molar-refractivity contribution in [3.63, 3.8) is 0 Å². The van der Waals surface area contributed by atoms with Gasteiger partial charge < -0.3 is 42.6 Å². The van der Waals surface area contributed by atoms with E-state index in [1.54, 1.807) is 6.20 Å². The topological polar surface area (TPSA) is 129 Å². The maximum absolute atomic E-state index is 6.52. The minimum Gasteiger partial charge on any atom is -0.491 e. The first kappa shape index (κ1) is 52.4. The fourth-order valence-corrected chi connectivity index (χ4v) is 11.2. The molecule has 3 aliphatic heterocycles. The van der Waals surface area contributed by atoms with E-state index in [4.69, 9.17) is 48.1 Å². The molecule has 8 bridgehead atoms. The van der Waals surface area contributed by atoms with Crippen molar-refractivity contribution in [3.8, 4) is 57.3 Å². The number of benzene rings is 7. The van der Waals surface area contributed by atoms with E-state index in [0.717, 1.165) is 106 Å².